The molecule has 0 aliphatic carbocycles. The SMILES string of the molecule is CC.N=Cc1cc(C(=O)NCC(=O)N2CCc3sc(C(=O)NCc4cccc5ccccc45)cc3C2)ccc1N. The van der Waals surface area contributed by atoms with Gasteiger partial charge in [-0.05, 0) is 52.6 Å². The molecule has 9 heteroatoms. The van der Waals surface area contributed by atoms with Gasteiger partial charge >= 0.3 is 0 Å². The largest absolute Gasteiger partial charge is 0.398 e. The molecule has 0 radical (unpaired) electrons. The van der Waals surface area contributed by atoms with Gasteiger partial charge in [0, 0.05) is 47.5 Å². The van der Waals surface area contributed by atoms with Crippen molar-refractivity contribution in [3.8, 4) is 0 Å². The minimum Gasteiger partial charge on any atom is -0.398 e. The Morgan fingerprint density at radius 1 is 1.00 bits per heavy atom. The number of amides is 3. The number of hydrogen-bond acceptors (Lipinski definition) is 6. The molecule has 0 unspecified atom stereocenters. The number of nitrogen functional groups attached to an aromatic ring is 1. The van der Waals surface area contributed by atoms with Crippen LogP contribution in [0.2, 0.25) is 0 Å². The number of benzene rings is 3. The summed E-state index contributed by atoms with van der Waals surface area (Å²) in [6.07, 6.45) is 1.75. The number of carbonyl (C=O) groups is 3. The lowest BCUT2D eigenvalue weighted by atomic mass is 10.0. The van der Waals surface area contributed by atoms with Gasteiger partial charge in [-0.1, -0.05) is 56.3 Å². The van der Waals surface area contributed by atoms with E-state index in [4.69, 9.17) is 11.1 Å². The second-order valence-electron chi connectivity index (χ2n) is 9.12. The number of nitrogens with zero attached hydrogens (tertiary/aromatic N) is 1. The third kappa shape index (κ3) is 6.38. The van der Waals surface area contributed by atoms with E-state index in [-0.39, 0.29) is 18.4 Å². The summed E-state index contributed by atoms with van der Waals surface area (Å²) in [4.78, 5) is 41.6. The lowest BCUT2D eigenvalue weighted by molar-refractivity contribution is -0.131. The van der Waals surface area contributed by atoms with Crippen LogP contribution < -0.4 is 16.4 Å². The first-order valence-corrected chi connectivity index (χ1v) is 14.1. The van der Waals surface area contributed by atoms with E-state index >= 15 is 0 Å². The molecule has 0 bridgehead atoms. The van der Waals surface area contributed by atoms with E-state index in [1.165, 1.54) is 17.4 Å². The predicted molar refractivity (Wildman–Crippen MR) is 161 cm³/mol. The fraction of sp³-hybridized carbons (Fsp3) is 0.226. The van der Waals surface area contributed by atoms with Crippen LogP contribution in [0.4, 0.5) is 5.69 Å². The molecule has 0 fully saturated rings. The summed E-state index contributed by atoms with van der Waals surface area (Å²) in [5, 5.41) is 15.3. The Morgan fingerprint density at radius 2 is 1.77 bits per heavy atom. The molecule has 8 nitrogen and oxygen atoms in total. The molecule has 5 N–H and O–H groups in total. The van der Waals surface area contributed by atoms with Gasteiger partial charge < -0.3 is 26.7 Å². The number of hydrogen-bond donors (Lipinski definition) is 4. The Morgan fingerprint density at radius 3 is 2.58 bits per heavy atom. The molecule has 206 valence electrons. The van der Waals surface area contributed by atoms with Crippen molar-refractivity contribution in [3.05, 3.63) is 98.7 Å². The van der Waals surface area contributed by atoms with Crippen molar-refractivity contribution in [1.82, 2.24) is 15.5 Å². The van der Waals surface area contributed by atoms with Crippen LogP contribution in [0.1, 0.15) is 55.4 Å². The van der Waals surface area contributed by atoms with Gasteiger partial charge in [-0.3, -0.25) is 14.4 Å². The van der Waals surface area contributed by atoms with Gasteiger partial charge in [0.1, 0.15) is 0 Å². The van der Waals surface area contributed by atoms with Crippen molar-refractivity contribution in [1.29, 1.82) is 5.41 Å². The molecule has 0 saturated carbocycles. The Kier molecular flexibility index (Phi) is 9.29. The number of fused-ring (bicyclic) bond motifs is 2. The molecule has 2 heterocycles. The third-order valence-corrected chi connectivity index (χ3v) is 7.90. The highest BCUT2D eigenvalue weighted by Gasteiger charge is 2.25. The van der Waals surface area contributed by atoms with Crippen LogP contribution in [0.3, 0.4) is 0 Å². The van der Waals surface area contributed by atoms with Gasteiger partial charge in [0.2, 0.25) is 5.91 Å². The van der Waals surface area contributed by atoms with Crippen LogP contribution in [0.25, 0.3) is 10.8 Å². The summed E-state index contributed by atoms with van der Waals surface area (Å²) < 4.78 is 0. The van der Waals surface area contributed by atoms with E-state index in [0.29, 0.717) is 47.7 Å². The van der Waals surface area contributed by atoms with E-state index in [9.17, 15) is 14.4 Å². The fourth-order valence-electron chi connectivity index (χ4n) is 4.58. The van der Waals surface area contributed by atoms with Crippen molar-refractivity contribution in [2.45, 2.75) is 33.4 Å². The second kappa shape index (κ2) is 13.0. The molecular formula is C31H33N5O3S. The first-order chi connectivity index (χ1) is 19.4. The smallest absolute Gasteiger partial charge is 0.261 e. The average molecular weight is 556 g/mol. The molecule has 0 saturated heterocycles. The zero-order valence-corrected chi connectivity index (χ0v) is 23.4. The number of nitrogens with one attached hydrogen (secondary N) is 3. The van der Waals surface area contributed by atoms with E-state index < -0.39 is 5.91 Å². The number of thiophene rings is 1. The lowest BCUT2D eigenvalue weighted by Gasteiger charge is -2.27. The molecule has 3 aromatic carbocycles. The summed E-state index contributed by atoms with van der Waals surface area (Å²) in [5.41, 5.74) is 8.99. The summed E-state index contributed by atoms with van der Waals surface area (Å²) in [6.45, 7) is 5.22. The van der Waals surface area contributed by atoms with E-state index in [1.807, 2.05) is 44.2 Å². The predicted octanol–water partition coefficient (Wildman–Crippen LogP) is 4.75. The molecule has 1 aromatic heterocycles. The third-order valence-electron chi connectivity index (χ3n) is 6.67. The normalized spacial score (nSPS) is 12.1. The van der Waals surface area contributed by atoms with Gasteiger partial charge in [0.25, 0.3) is 11.8 Å². The molecule has 4 aromatic rings. The van der Waals surface area contributed by atoms with Gasteiger partial charge in [-0.25, -0.2) is 0 Å². The van der Waals surface area contributed by atoms with Crippen molar-refractivity contribution in [3.63, 3.8) is 0 Å². The maximum atomic E-state index is 12.9. The maximum absolute atomic E-state index is 12.9. The topological polar surface area (TPSA) is 128 Å². The van der Waals surface area contributed by atoms with Gasteiger partial charge in [-0.2, -0.15) is 0 Å². The quantitative estimate of drug-likeness (QED) is 0.194. The van der Waals surface area contributed by atoms with E-state index in [1.54, 1.807) is 17.0 Å². The molecule has 1 aliphatic rings. The van der Waals surface area contributed by atoms with Crippen LogP contribution >= 0.6 is 11.3 Å². The summed E-state index contributed by atoms with van der Waals surface area (Å²) >= 11 is 1.47. The van der Waals surface area contributed by atoms with Gasteiger partial charge in [0.05, 0.1) is 11.4 Å². The molecule has 40 heavy (non-hydrogen) atoms. The number of nitrogens with two attached hydrogens (primary N) is 1. The van der Waals surface area contributed by atoms with Gasteiger partial charge in [-0.15, -0.1) is 11.3 Å². The van der Waals surface area contributed by atoms with Gasteiger partial charge in [0.15, 0.2) is 0 Å². The Hall–Kier alpha value is -4.50. The highest BCUT2D eigenvalue weighted by atomic mass is 32.1. The fourth-order valence-corrected chi connectivity index (χ4v) is 5.66. The molecule has 0 spiro atoms. The maximum Gasteiger partial charge on any atom is 0.261 e. The summed E-state index contributed by atoms with van der Waals surface area (Å²) in [7, 11) is 0. The Bertz CT molecular complexity index is 1560. The Labute approximate surface area is 237 Å². The minimum absolute atomic E-state index is 0.129. The molecule has 1 aliphatic heterocycles. The zero-order chi connectivity index (χ0) is 28.6. The molecular weight excluding hydrogens is 522 g/mol. The number of carbonyl (C=O) groups excluding carboxylic acids is 3. The summed E-state index contributed by atoms with van der Waals surface area (Å²) in [6, 6.07) is 20.7. The van der Waals surface area contributed by atoms with Crippen molar-refractivity contribution in [2.24, 2.45) is 0 Å². The lowest BCUT2D eigenvalue weighted by Crippen LogP contribution is -2.42. The van der Waals surface area contributed by atoms with Crippen LogP contribution in [-0.2, 0) is 24.3 Å². The van der Waals surface area contributed by atoms with Crippen LogP contribution in [0, 0.1) is 5.41 Å². The second-order valence-corrected chi connectivity index (χ2v) is 10.3. The number of rotatable bonds is 7. The molecule has 5 rings (SSSR count). The van der Waals surface area contributed by atoms with Crippen LogP contribution in [0.15, 0.2) is 66.7 Å². The summed E-state index contributed by atoms with van der Waals surface area (Å²) in [5.74, 6) is -0.727. The standard InChI is InChI=1S/C29H27N5O3S.C2H6/c30-14-21-12-19(8-9-24(21)31)28(36)33-16-27(35)34-11-10-25-22(17-34)13-26(38-25)29(37)32-15-20-6-3-5-18-4-1-2-7-23(18)20;1-2/h1-9,12-14,30H,10-11,15-17,31H2,(H,32,37)(H,33,36);1-2H3. The minimum atomic E-state index is -0.403. The average Bonchev–Trinajstić information content (AvgIpc) is 3.43. The highest BCUT2D eigenvalue weighted by molar-refractivity contribution is 7.14. The molecule has 3 amide bonds. The first kappa shape index (κ1) is 28.5. The van der Waals surface area contributed by atoms with Crippen LogP contribution in [0.5, 0.6) is 0 Å². The molecule has 0 atom stereocenters. The van der Waals surface area contributed by atoms with E-state index in [2.05, 4.69) is 28.8 Å². The van der Waals surface area contributed by atoms with Crippen molar-refractivity contribution >= 4 is 51.7 Å². The van der Waals surface area contributed by atoms with Crippen molar-refractivity contribution in [2.75, 3.05) is 18.8 Å². The number of anilines is 1. The zero-order valence-electron chi connectivity index (χ0n) is 22.6. The van der Waals surface area contributed by atoms with Crippen LogP contribution in [-0.4, -0.2) is 41.9 Å². The van der Waals surface area contributed by atoms with Crippen molar-refractivity contribution < 1.29 is 14.4 Å². The Balaban J connectivity index is 0.00000181. The van der Waals surface area contributed by atoms with E-state index in [0.717, 1.165) is 33.0 Å². The first-order valence-electron chi connectivity index (χ1n) is 13.3. The highest BCUT2D eigenvalue weighted by Crippen LogP contribution is 2.28. The monoisotopic (exact) mass is 555 g/mol.